The number of imide groups is 1. The summed E-state index contributed by atoms with van der Waals surface area (Å²) in [6.45, 7) is 27.8. The van der Waals surface area contributed by atoms with E-state index in [1.54, 1.807) is 11.5 Å². The van der Waals surface area contributed by atoms with Crippen LogP contribution in [0.3, 0.4) is 0 Å². The summed E-state index contributed by atoms with van der Waals surface area (Å²) in [7, 11) is 2.32. The molecule has 2 saturated heterocycles. The van der Waals surface area contributed by atoms with Crippen LogP contribution in [0.5, 0.6) is 0 Å². The van der Waals surface area contributed by atoms with Crippen LogP contribution >= 0.6 is 11.5 Å². The highest BCUT2D eigenvalue weighted by Crippen LogP contribution is 2.70. The highest BCUT2D eigenvalue weighted by atomic mass is 32.1. The van der Waals surface area contributed by atoms with Crippen molar-refractivity contribution < 1.29 is 9.59 Å². The third kappa shape index (κ3) is 4.60. The Kier molecular flexibility index (Phi) is 8.03. The van der Waals surface area contributed by atoms with E-state index in [1.165, 1.54) is 22.1 Å². The number of amides is 2. The molecule has 1 aromatic heterocycles. The summed E-state index contributed by atoms with van der Waals surface area (Å²) in [6.07, 6.45) is 2.34. The van der Waals surface area contributed by atoms with E-state index in [4.69, 9.17) is 4.37 Å². The first-order valence-electron chi connectivity index (χ1n) is 18.7. The van der Waals surface area contributed by atoms with Crippen molar-refractivity contribution in [2.24, 2.45) is 70.0 Å². The average molecular weight is 661 g/mol. The summed E-state index contributed by atoms with van der Waals surface area (Å²) < 4.78 is 6.29. The van der Waals surface area contributed by atoms with Crippen molar-refractivity contribution in [2.75, 3.05) is 25.0 Å². The summed E-state index contributed by atoms with van der Waals surface area (Å²) >= 11 is 1.62. The van der Waals surface area contributed by atoms with Crippen LogP contribution in [-0.2, 0) is 9.59 Å². The molecule has 13 atom stereocenters. The highest BCUT2D eigenvalue weighted by Gasteiger charge is 2.73. The SMILES string of the molecule is Cc1cccc2snc(N3CC(C)N(C)[C@H](C(C)[C@@H]4CCC(C)C(C)(C)[C@H]4C(C)N4C(=O)[C@@H]5[C@H]6C(C)C(C)C([C@@H]5C4=O)C6(C)C)C3)c12. The maximum Gasteiger partial charge on any atom is 0.233 e. The molecule has 0 N–H and O–H groups in total. The molecule has 3 saturated carbocycles. The Morgan fingerprint density at radius 2 is 1.51 bits per heavy atom. The molecule has 2 bridgehead atoms. The molecule has 1 aromatic carbocycles. The number of nitrogens with zero attached hydrogens (tertiary/aromatic N) is 4. The number of piperazine rings is 1. The lowest BCUT2D eigenvalue weighted by Crippen LogP contribution is -2.62. The second-order valence-corrected chi connectivity index (χ2v) is 19.0. The van der Waals surface area contributed by atoms with Crippen LogP contribution in [0.25, 0.3) is 10.1 Å². The fourth-order valence-electron chi connectivity index (χ4n) is 12.9. The topological polar surface area (TPSA) is 56.8 Å². The quantitative estimate of drug-likeness (QED) is 0.305. The van der Waals surface area contributed by atoms with Gasteiger partial charge in [-0.2, -0.15) is 4.37 Å². The van der Waals surface area contributed by atoms with Crippen LogP contribution in [0, 0.1) is 76.9 Å². The van der Waals surface area contributed by atoms with Gasteiger partial charge < -0.3 is 4.90 Å². The van der Waals surface area contributed by atoms with Gasteiger partial charge in [0.1, 0.15) is 0 Å². The van der Waals surface area contributed by atoms with Gasteiger partial charge in [-0.25, -0.2) is 0 Å². The summed E-state index contributed by atoms with van der Waals surface area (Å²) in [5, 5.41) is 1.30. The summed E-state index contributed by atoms with van der Waals surface area (Å²) in [6, 6.07) is 7.19. The number of rotatable bonds is 5. The smallest absolute Gasteiger partial charge is 0.233 e. The van der Waals surface area contributed by atoms with Gasteiger partial charge in [0.05, 0.1) is 16.5 Å². The number of likely N-dealkylation sites (N-methyl/N-ethyl adjacent to an activating group) is 1. The number of fused-ring (bicyclic) bond motifs is 6. The largest absolute Gasteiger partial charge is 0.352 e. The molecule has 2 aliphatic heterocycles. The van der Waals surface area contributed by atoms with Crippen molar-refractivity contribution in [1.82, 2.24) is 14.2 Å². The molecule has 7 rings (SSSR count). The molecule has 3 heterocycles. The van der Waals surface area contributed by atoms with Gasteiger partial charge in [-0.3, -0.25) is 19.4 Å². The number of likely N-dealkylation sites (tertiary alicyclic amines) is 1. The second-order valence-electron chi connectivity index (χ2n) is 18.2. The molecule has 2 aromatic rings. The third-order valence-electron chi connectivity index (χ3n) is 15.7. The van der Waals surface area contributed by atoms with Gasteiger partial charge in [0, 0.05) is 36.6 Å². The average Bonchev–Trinajstić information content (AvgIpc) is 3.66. The van der Waals surface area contributed by atoms with E-state index < -0.39 is 0 Å². The van der Waals surface area contributed by atoms with Crippen LogP contribution in [-0.4, -0.2) is 64.3 Å². The van der Waals surface area contributed by atoms with Crippen LogP contribution in [0.15, 0.2) is 18.2 Å². The molecule has 7 heteroatoms. The Morgan fingerprint density at radius 1 is 0.894 bits per heavy atom. The van der Waals surface area contributed by atoms with Crippen LogP contribution in [0.2, 0.25) is 0 Å². The Balaban J connectivity index is 1.20. The molecule has 6 nitrogen and oxygen atoms in total. The Hall–Kier alpha value is -1.99. The zero-order valence-electron chi connectivity index (χ0n) is 31.1. The van der Waals surface area contributed by atoms with Crippen LogP contribution in [0.1, 0.15) is 87.6 Å². The number of hydrogen-bond acceptors (Lipinski definition) is 6. The highest BCUT2D eigenvalue weighted by molar-refractivity contribution is 7.13. The maximum atomic E-state index is 14.6. The van der Waals surface area contributed by atoms with Crippen LogP contribution < -0.4 is 4.90 Å². The molecular formula is C40H60N4O2S. The fourth-order valence-corrected chi connectivity index (χ4v) is 13.7. The molecule has 2 amide bonds. The molecule has 47 heavy (non-hydrogen) atoms. The molecule has 7 unspecified atom stereocenters. The van der Waals surface area contributed by atoms with Gasteiger partial charge in [0.15, 0.2) is 5.82 Å². The molecule has 0 spiro atoms. The predicted octanol–water partition coefficient (Wildman–Crippen LogP) is 7.99. The van der Waals surface area contributed by atoms with Crippen molar-refractivity contribution in [3.05, 3.63) is 23.8 Å². The van der Waals surface area contributed by atoms with Gasteiger partial charge in [0.25, 0.3) is 0 Å². The zero-order valence-corrected chi connectivity index (χ0v) is 31.9. The lowest BCUT2D eigenvalue weighted by Gasteiger charge is -2.56. The van der Waals surface area contributed by atoms with E-state index in [0.717, 1.165) is 25.3 Å². The lowest BCUT2D eigenvalue weighted by molar-refractivity contribution is -0.150. The monoisotopic (exact) mass is 660 g/mol. The van der Waals surface area contributed by atoms with Gasteiger partial charge in [-0.1, -0.05) is 67.5 Å². The summed E-state index contributed by atoms with van der Waals surface area (Å²) in [5.74, 6) is 4.31. The Morgan fingerprint density at radius 3 is 2.13 bits per heavy atom. The number of anilines is 1. The molecule has 5 fully saturated rings. The standard InChI is InChI=1S/C40H60N4O2S/c1-20-14-13-15-29-30(20)36(41-47-29)43-18-22(3)42(12)28(19-43)25(6)27-17-16-21(2)39(8,9)35(27)26(7)44-37(45)31-32(38(44)46)34-24(5)23(4)33(31)40(34,10)11/h13-15,21-28,31-35H,16-19H2,1-12H3/t21?,22?,23?,24?,25?,26?,27-,28-,31-,32+,33+,34?,35-/m0/s1. The van der Waals surface area contributed by atoms with E-state index in [1.807, 2.05) is 4.90 Å². The molecule has 5 aliphatic rings. The normalized spacial score (nSPS) is 41.1. The minimum atomic E-state index is -0.133. The number of carbonyl (C=O) groups excluding carboxylic acids is 2. The number of carbonyl (C=O) groups is 2. The summed E-state index contributed by atoms with van der Waals surface area (Å²) in [4.78, 5) is 36.2. The molecule has 258 valence electrons. The van der Waals surface area contributed by atoms with Gasteiger partial charge >= 0.3 is 0 Å². The van der Waals surface area contributed by atoms with Crippen LogP contribution in [0.4, 0.5) is 5.82 Å². The van der Waals surface area contributed by atoms with Crippen molar-refractivity contribution >= 4 is 39.3 Å². The van der Waals surface area contributed by atoms with Crippen molar-refractivity contribution in [2.45, 2.75) is 107 Å². The minimum absolute atomic E-state index is 0.00839. The van der Waals surface area contributed by atoms with E-state index in [0.29, 0.717) is 53.5 Å². The fraction of sp³-hybridized carbons (Fsp3) is 0.775. The predicted molar refractivity (Wildman–Crippen MR) is 193 cm³/mol. The first-order valence-corrected chi connectivity index (χ1v) is 19.5. The zero-order chi connectivity index (χ0) is 34.1. The minimum Gasteiger partial charge on any atom is -0.352 e. The van der Waals surface area contributed by atoms with Crippen molar-refractivity contribution in [3.63, 3.8) is 0 Å². The van der Waals surface area contributed by atoms with Gasteiger partial charge in [-0.15, -0.1) is 0 Å². The maximum absolute atomic E-state index is 14.6. The first-order chi connectivity index (χ1) is 22.0. The van der Waals surface area contributed by atoms with E-state index in [2.05, 4.69) is 111 Å². The van der Waals surface area contributed by atoms with E-state index >= 15 is 0 Å². The van der Waals surface area contributed by atoms with Crippen molar-refractivity contribution in [3.8, 4) is 0 Å². The van der Waals surface area contributed by atoms with Gasteiger partial charge in [0.2, 0.25) is 11.8 Å². The first kappa shape index (κ1) is 33.5. The Labute approximate surface area is 288 Å². The third-order valence-corrected chi connectivity index (χ3v) is 16.5. The lowest BCUT2D eigenvalue weighted by atomic mass is 9.53. The molecule has 0 radical (unpaired) electrons. The number of hydrogen-bond donors (Lipinski definition) is 0. The number of benzene rings is 1. The van der Waals surface area contributed by atoms with E-state index in [-0.39, 0.29) is 46.4 Å². The molecule has 3 aliphatic carbocycles. The number of aromatic nitrogens is 1. The number of aryl methyl sites for hydroxylation is 1. The van der Waals surface area contributed by atoms with E-state index in [9.17, 15) is 9.59 Å². The van der Waals surface area contributed by atoms with Gasteiger partial charge in [-0.05, 0) is 122 Å². The molecular weight excluding hydrogens is 601 g/mol. The van der Waals surface area contributed by atoms with Crippen molar-refractivity contribution in [1.29, 1.82) is 0 Å². The second kappa shape index (κ2) is 11.3. The Bertz CT molecular complexity index is 1530. The summed E-state index contributed by atoms with van der Waals surface area (Å²) in [5.41, 5.74) is 1.35.